The molecular formula is C66H85ClF4I2NaO9S+. The fourth-order valence-corrected chi connectivity index (χ4v) is 19.0. The van der Waals surface area contributed by atoms with Gasteiger partial charge in [0, 0.05) is 23.7 Å². The average Bonchev–Trinajstić information content (AvgIpc) is 0.801. The van der Waals surface area contributed by atoms with Crippen molar-refractivity contribution >= 4 is 22.5 Å². The van der Waals surface area contributed by atoms with Gasteiger partial charge in [-0.15, -0.1) is 12.6 Å². The van der Waals surface area contributed by atoms with Gasteiger partial charge in [-0.2, -0.15) is 8.78 Å². The van der Waals surface area contributed by atoms with E-state index >= 15 is 8.78 Å². The normalized spacial score (nSPS) is 26.3. The summed E-state index contributed by atoms with van der Waals surface area (Å²) in [4.78, 5) is 23.5. The van der Waals surface area contributed by atoms with Crippen molar-refractivity contribution in [3.8, 4) is 0 Å². The summed E-state index contributed by atoms with van der Waals surface area (Å²) < 4.78 is 95.4. The molecule has 0 spiro atoms. The Morgan fingerprint density at radius 3 is 1.06 bits per heavy atom. The summed E-state index contributed by atoms with van der Waals surface area (Å²) in [5, 5.41) is 21.4. The third-order valence-corrected chi connectivity index (χ3v) is 23.0. The molecular weight excluding hydrogens is 1360 g/mol. The van der Waals surface area contributed by atoms with E-state index in [0.717, 1.165) is 69.8 Å². The molecule has 9 nitrogen and oxygen atoms in total. The second-order valence-electron chi connectivity index (χ2n) is 28.7. The Hall–Kier alpha value is -2.30. The summed E-state index contributed by atoms with van der Waals surface area (Å²) in [5.41, 5.74) is 2.68. The molecule has 0 aliphatic heterocycles. The van der Waals surface area contributed by atoms with Crippen molar-refractivity contribution < 1.29 is 144 Å². The number of hydrogen-bond acceptors (Lipinski definition) is 9. The van der Waals surface area contributed by atoms with E-state index in [1.807, 2.05) is 24.3 Å². The first-order valence-electron chi connectivity index (χ1n) is 28.7. The van der Waals surface area contributed by atoms with Crippen LogP contribution in [0.2, 0.25) is 0 Å². The zero-order chi connectivity index (χ0) is 60.5. The van der Waals surface area contributed by atoms with Crippen LogP contribution in [0.5, 0.6) is 0 Å². The average molecular weight is 1440 g/mol. The van der Waals surface area contributed by atoms with Crippen molar-refractivity contribution in [1.29, 1.82) is 0 Å². The van der Waals surface area contributed by atoms with Gasteiger partial charge in [-0.1, -0.05) is 125 Å². The largest absolute Gasteiger partial charge is 1.00 e. The zero-order valence-corrected chi connectivity index (χ0v) is 58.8. The molecule has 0 amide bonds. The quantitative estimate of drug-likeness (QED) is 0.0676. The number of carbonyl (C=O) groups is 2. The molecule has 8 aliphatic carbocycles. The van der Waals surface area contributed by atoms with Crippen LogP contribution in [0.15, 0.2) is 97.1 Å². The molecule has 8 bridgehead atoms. The van der Waals surface area contributed by atoms with E-state index in [-0.39, 0.29) is 125 Å². The second kappa shape index (κ2) is 28.3. The minimum atomic E-state index is -3.58. The Kier molecular flexibility index (Phi) is 24.4. The van der Waals surface area contributed by atoms with Crippen molar-refractivity contribution in [1.82, 2.24) is 0 Å². The SMILES string of the molecule is CC(C)(C)c1ccc([I+]c2ccc(C(C)(C)C)cc2)cc1.CC(C)(C)c1ccc([I+]c2ccc(C(C)(C)CC(F)(F)C(=O)OCC34CC5CC(CC(O)(C5)C3)C4)cc2)cc1.O=C(OCC12CC3CC(CC(O)(C3)C1)C2)[C-](F)F.O=S(=O)=O.[Cl-].[Na+]. The van der Waals surface area contributed by atoms with Crippen LogP contribution in [-0.4, -0.2) is 65.1 Å². The molecule has 84 heavy (non-hydrogen) atoms. The maximum atomic E-state index is 15.2. The first-order valence-corrected chi connectivity index (χ1v) is 34.0. The van der Waals surface area contributed by atoms with Gasteiger partial charge in [0.15, 0.2) is 14.3 Å². The van der Waals surface area contributed by atoms with Crippen molar-refractivity contribution in [3.05, 3.63) is 140 Å². The Morgan fingerprint density at radius 1 is 0.524 bits per heavy atom. The van der Waals surface area contributed by atoms with E-state index in [1.165, 1.54) is 31.0 Å². The van der Waals surface area contributed by atoms with Gasteiger partial charge in [0.25, 0.3) is 0 Å². The summed E-state index contributed by atoms with van der Waals surface area (Å²) in [7, 11) is -3.11. The molecule has 18 heteroatoms. The van der Waals surface area contributed by atoms with Gasteiger partial charge in [0.05, 0.1) is 24.4 Å². The fourth-order valence-electron chi connectivity index (χ4n) is 14.7. The summed E-state index contributed by atoms with van der Waals surface area (Å²) in [6, 6.07) is 35.1. The predicted octanol–water partition coefficient (Wildman–Crippen LogP) is 1.99. The molecule has 4 unspecified atom stereocenters. The summed E-state index contributed by atoms with van der Waals surface area (Å²) in [6.45, 7) is 23.7. The van der Waals surface area contributed by atoms with Crippen LogP contribution in [0, 0.1) is 55.2 Å². The maximum Gasteiger partial charge on any atom is 1.00 e. The molecule has 4 aromatic carbocycles. The number of ether oxygens (including phenoxy) is 2. The Balaban J connectivity index is 0.000000241. The molecule has 8 saturated carbocycles. The number of aliphatic hydroxyl groups is 2. The first kappa shape index (κ1) is 72.4. The van der Waals surface area contributed by atoms with Crippen molar-refractivity contribution in [3.63, 3.8) is 0 Å². The van der Waals surface area contributed by atoms with E-state index in [0.29, 0.717) is 36.5 Å². The Bertz CT molecular complexity index is 2870. The molecule has 2 N–H and O–H groups in total. The molecule has 0 saturated heterocycles. The number of esters is 2. The monoisotopic (exact) mass is 1440 g/mol. The van der Waals surface area contributed by atoms with Crippen LogP contribution in [-0.2, 0) is 51.3 Å². The van der Waals surface area contributed by atoms with Gasteiger partial charge < -0.3 is 40.9 Å². The molecule has 0 aromatic heterocycles. The van der Waals surface area contributed by atoms with Crippen molar-refractivity contribution in [2.45, 2.75) is 198 Å². The number of rotatable bonds is 13. The van der Waals surface area contributed by atoms with E-state index in [4.69, 9.17) is 22.1 Å². The molecule has 8 fully saturated rings. The minimum absolute atomic E-state index is 0. The third kappa shape index (κ3) is 19.8. The molecule has 4 aromatic rings. The molecule has 0 heterocycles. The molecule has 12 rings (SSSR count). The molecule has 4 atom stereocenters. The van der Waals surface area contributed by atoms with E-state index in [1.54, 1.807) is 13.8 Å². The molecule has 8 aliphatic rings. The minimum Gasteiger partial charge on any atom is -1.00 e. The summed E-state index contributed by atoms with van der Waals surface area (Å²) >= 11 is -0.440. The third-order valence-electron chi connectivity index (χ3n) is 17.6. The van der Waals surface area contributed by atoms with Crippen LogP contribution >= 0.6 is 0 Å². The van der Waals surface area contributed by atoms with Crippen molar-refractivity contribution in [2.75, 3.05) is 13.2 Å². The topological polar surface area (TPSA) is 144 Å². The summed E-state index contributed by atoms with van der Waals surface area (Å²) in [6.07, 6.45) is 7.25. The smallest absolute Gasteiger partial charge is 1.00 e. The van der Waals surface area contributed by atoms with E-state index in [9.17, 15) is 28.6 Å². The second-order valence-corrected chi connectivity index (χ2v) is 35.2. The van der Waals surface area contributed by atoms with Gasteiger partial charge in [-0.05, 0) is 193 Å². The number of benzene rings is 4. The van der Waals surface area contributed by atoms with Crippen LogP contribution in [0.3, 0.4) is 0 Å². The van der Waals surface area contributed by atoms with Crippen LogP contribution in [0.1, 0.15) is 182 Å². The van der Waals surface area contributed by atoms with Gasteiger partial charge in [0.1, 0.15) is 0 Å². The number of halogens is 7. The van der Waals surface area contributed by atoms with Crippen molar-refractivity contribution in [2.24, 2.45) is 34.5 Å². The van der Waals surface area contributed by atoms with Crippen LogP contribution < -0.4 is 84.4 Å². The van der Waals surface area contributed by atoms with Gasteiger partial charge in [-0.3, -0.25) is 4.79 Å². The van der Waals surface area contributed by atoms with E-state index in [2.05, 4.69) is 135 Å². The fraction of sp³-hybridized carbons (Fsp3) is 0.591. The van der Waals surface area contributed by atoms with Gasteiger partial charge in [0.2, 0.25) is 5.97 Å². The summed E-state index contributed by atoms with van der Waals surface area (Å²) in [5.74, 6) is -4.76. The first-order chi connectivity index (χ1) is 37.9. The zero-order valence-electron chi connectivity index (χ0n) is 51.0. The van der Waals surface area contributed by atoms with Crippen LogP contribution in [0.25, 0.3) is 0 Å². The number of alkyl halides is 2. The Labute approximate surface area is 547 Å². The van der Waals surface area contributed by atoms with E-state index < -0.39 is 57.9 Å². The van der Waals surface area contributed by atoms with Gasteiger partial charge >= 0.3 is 94.5 Å². The maximum absolute atomic E-state index is 15.2. The van der Waals surface area contributed by atoms with Crippen LogP contribution in [0.4, 0.5) is 17.6 Å². The number of carbonyl (C=O) groups excluding carboxylic acids is 2. The molecule has 458 valence electrons. The molecule has 0 radical (unpaired) electrons. The number of hydrogen-bond donors (Lipinski definition) is 2. The standard InChI is InChI=1S/C33H42F2IO3.C20H26I.C13H17F2O3.ClH.Na.O3S/c1-29(2,3)24-6-10-26(11-7-24)36-27-12-8-25(9-13-27)30(4,5)19-33(34,35)28(37)39-21-31-15-22-14-23(16-31)18-32(38,17-22)20-31;1-19(2,3)15-7-11-17(12-8-15)21-18-13-9-16(10-14-18)20(4,5)6;14-10(15)11(16)18-7-12-2-8-1-9(3-12)5-13(17,4-8)6-12;;;1-4(2)3/h6-13,22-23,38H,14-21H2,1-5H3;7-14H,1-6H3;8-9,17H,1-7H2;1H;;/q2*+1;-1;;+1;/p-1. The Morgan fingerprint density at radius 2 is 0.798 bits per heavy atom. The van der Waals surface area contributed by atoms with Gasteiger partial charge in [-0.25, -0.2) is 4.79 Å². The predicted molar refractivity (Wildman–Crippen MR) is 300 cm³/mol.